The molecule has 1 aliphatic heterocycles. The Morgan fingerprint density at radius 1 is 1.24 bits per heavy atom. The Morgan fingerprint density at radius 2 is 1.95 bits per heavy atom. The summed E-state index contributed by atoms with van der Waals surface area (Å²) in [5, 5.41) is 9.40. The molecule has 1 fully saturated rings. The Kier molecular flexibility index (Phi) is 5.08. The quantitative estimate of drug-likeness (QED) is 0.896. The van der Waals surface area contributed by atoms with Gasteiger partial charge in [-0.1, -0.05) is 0 Å². The molecule has 7 heteroatoms. The Morgan fingerprint density at radius 3 is 2.52 bits per heavy atom. The summed E-state index contributed by atoms with van der Waals surface area (Å²) in [6.45, 7) is 6.51. The zero-order valence-electron chi connectivity index (χ0n) is 13.0. The van der Waals surface area contributed by atoms with E-state index in [1.165, 1.54) is 0 Å². The average molecular weight is 315 g/mol. The number of aliphatic hydroxyl groups is 1. The van der Waals surface area contributed by atoms with Gasteiger partial charge in [0.1, 0.15) is 4.90 Å². The van der Waals surface area contributed by atoms with Crippen molar-refractivity contribution in [1.29, 1.82) is 0 Å². The fourth-order valence-corrected chi connectivity index (χ4v) is 4.18. The second kappa shape index (κ2) is 6.48. The lowest BCUT2D eigenvalue weighted by Crippen LogP contribution is -2.34. The molecule has 0 aromatic carbocycles. The molecule has 21 heavy (non-hydrogen) atoms. The van der Waals surface area contributed by atoms with Gasteiger partial charge in [-0.15, -0.1) is 0 Å². The van der Waals surface area contributed by atoms with Gasteiger partial charge in [-0.05, 0) is 39.9 Å². The van der Waals surface area contributed by atoms with Crippen LogP contribution in [0.1, 0.15) is 32.0 Å². The second-order valence-corrected chi connectivity index (χ2v) is 7.83. The Hall–Kier alpha value is -0.890. The van der Waals surface area contributed by atoms with Gasteiger partial charge in [0, 0.05) is 37.6 Å². The van der Waals surface area contributed by atoms with E-state index < -0.39 is 10.0 Å². The smallest absolute Gasteiger partial charge is 0.244 e. The lowest BCUT2D eigenvalue weighted by atomic mass is 10.3. The summed E-state index contributed by atoms with van der Waals surface area (Å²) in [4.78, 5) is 2.43. The van der Waals surface area contributed by atoms with E-state index in [1.54, 1.807) is 16.6 Å². The summed E-state index contributed by atoms with van der Waals surface area (Å²) < 4.78 is 28.9. The van der Waals surface area contributed by atoms with Crippen LogP contribution in [0.4, 0.5) is 0 Å². The highest BCUT2D eigenvalue weighted by molar-refractivity contribution is 7.89. The maximum Gasteiger partial charge on any atom is 0.244 e. The fraction of sp³-hybridized carbons (Fsp3) is 0.714. The maximum atomic E-state index is 12.8. The van der Waals surface area contributed by atoms with Crippen LogP contribution in [0.2, 0.25) is 0 Å². The molecule has 0 amide bonds. The van der Waals surface area contributed by atoms with Gasteiger partial charge in [0.2, 0.25) is 10.0 Å². The van der Waals surface area contributed by atoms with Crippen LogP contribution in [0.5, 0.6) is 0 Å². The summed E-state index contributed by atoms with van der Waals surface area (Å²) in [5.41, 5.74) is 0.635. The first-order chi connectivity index (χ1) is 9.86. The SMILES string of the molecule is CC(C)n1cc(S(=O)(=O)N2CCCN(C)CC2)cc1CO. The lowest BCUT2D eigenvalue weighted by Gasteiger charge is -2.19. The summed E-state index contributed by atoms with van der Waals surface area (Å²) in [7, 11) is -1.47. The summed E-state index contributed by atoms with van der Waals surface area (Å²) in [5.74, 6) is 0. The zero-order chi connectivity index (χ0) is 15.6. The zero-order valence-corrected chi connectivity index (χ0v) is 13.8. The van der Waals surface area contributed by atoms with Gasteiger partial charge < -0.3 is 14.6 Å². The number of aromatic nitrogens is 1. The molecule has 0 unspecified atom stereocenters. The third-order valence-corrected chi connectivity index (χ3v) is 5.81. The highest BCUT2D eigenvalue weighted by Gasteiger charge is 2.28. The minimum absolute atomic E-state index is 0.117. The Bertz CT molecular complexity index is 580. The molecular weight excluding hydrogens is 290 g/mol. The summed E-state index contributed by atoms with van der Waals surface area (Å²) >= 11 is 0. The van der Waals surface area contributed by atoms with Crippen molar-refractivity contribution in [3.05, 3.63) is 18.0 Å². The van der Waals surface area contributed by atoms with E-state index in [4.69, 9.17) is 0 Å². The van der Waals surface area contributed by atoms with E-state index >= 15 is 0 Å². The number of hydrogen-bond acceptors (Lipinski definition) is 4. The highest BCUT2D eigenvalue weighted by Crippen LogP contribution is 2.23. The molecule has 2 rings (SSSR count). The third kappa shape index (κ3) is 3.48. The van der Waals surface area contributed by atoms with E-state index in [1.807, 2.05) is 25.5 Å². The molecule has 1 aromatic heterocycles. The highest BCUT2D eigenvalue weighted by atomic mass is 32.2. The number of sulfonamides is 1. The van der Waals surface area contributed by atoms with E-state index in [0.29, 0.717) is 18.8 Å². The van der Waals surface area contributed by atoms with E-state index in [2.05, 4.69) is 4.90 Å². The average Bonchev–Trinajstić information content (AvgIpc) is 2.76. The van der Waals surface area contributed by atoms with Crippen molar-refractivity contribution in [1.82, 2.24) is 13.8 Å². The third-order valence-electron chi connectivity index (χ3n) is 3.94. The number of hydrogen-bond donors (Lipinski definition) is 1. The van der Waals surface area contributed by atoms with Gasteiger partial charge in [-0.2, -0.15) is 4.31 Å². The van der Waals surface area contributed by atoms with Crippen LogP contribution in [-0.2, 0) is 16.6 Å². The summed E-state index contributed by atoms with van der Waals surface area (Å²) in [6, 6.07) is 1.70. The normalized spacial score (nSPS) is 19.1. The van der Waals surface area contributed by atoms with E-state index in [0.717, 1.165) is 19.5 Å². The van der Waals surface area contributed by atoms with Crippen LogP contribution >= 0.6 is 0 Å². The molecule has 0 bridgehead atoms. The molecule has 1 aliphatic rings. The molecule has 0 saturated carbocycles. The van der Waals surface area contributed by atoms with Crippen LogP contribution in [0.25, 0.3) is 0 Å². The van der Waals surface area contributed by atoms with Crippen molar-refractivity contribution in [2.45, 2.75) is 37.8 Å². The van der Waals surface area contributed by atoms with Crippen LogP contribution < -0.4 is 0 Å². The Labute approximate surface area is 127 Å². The number of aliphatic hydroxyl groups excluding tert-OH is 1. The van der Waals surface area contributed by atoms with Gasteiger partial charge in [-0.25, -0.2) is 8.42 Å². The first-order valence-electron chi connectivity index (χ1n) is 7.36. The van der Waals surface area contributed by atoms with Gasteiger partial charge in [0.25, 0.3) is 0 Å². The number of nitrogens with zero attached hydrogens (tertiary/aromatic N) is 3. The van der Waals surface area contributed by atoms with Crippen molar-refractivity contribution in [2.24, 2.45) is 0 Å². The van der Waals surface area contributed by atoms with Crippen molar-refractivity contribution >= 4 is 10.0 Å². The molecule has 120 valence electrons. The maximum absolute atomic E-state index is 12.8. The molecule has 0 radical (unpaired) electrons. The largest absolute Gasteiger partial charge is 0.390 e. The molecular formula is C14H25N3O3S. The standard InChI is InChI=1S/C14H25N3O3S/c1-12(2)17-10-14(9-13(17)11-18)21(19,20)16-6-4-5-15(3)7-8-16/h9-10,12,18H,4-8,11H2,1-3H3. The predicted octanol–water partition coefficient (Wildman–Crippen LogP) is 0.887. The van der Waals surface area contributed by atoms with Crippen LogP contribution in [0, 0.1) is 0 Å². The van der Waals surface area contributed by atoms with Gasteiger partial charge in [-0.3, -0.25) is 0 Å². The lowest BCUT2D eigenvalue weighted by molar-refractivity contribution is 0.268. The molecule has 0 atom stereocenters. The van der Waals surface area contributed by atoms with Crippen molar-refractivity contribution < 1.29 is 13.5 Å². The van der Waals surface area contributed by atoms with Crippen molar-refractivity contribution in [2.75, 3.05) is 33.2 Å². The van der Waals surface area contributed by atoms with Crippen molar-refractivity contribution in [3.63, 3.8) is 0 Å². The fourth-order valence-electron chi connectivity index (χ4n) is 2.66. The molecule has 1 N–H and O–H groups in total. The molecule has 0 spiro atoms. The molecule has 6 nitrogen and oxygen atoms in total. The first-order valence-corrected chi connectivity index (χ1v) is 8.80. The van der Waals surface area contributed by atoms with Crippen LogP contribution in [-0.4, -0.2) is 60.5 Å². The van der Waals surface area contributed by atoms with Crippen LogP contribution in [0.3, 0.4) is 0 Å². The molecule has 2 heterocycles. The molecule has 0 aliphatic carbocycles. The van der Waals surface area contributed by atoms with E-state index in [9.17, 15) is 13.5 Å². The topological polar surface area (TPSA) is 65.8 Å². The van der Waals surface area contributed by atoms with Crippen molar-refractivity contribution in [3.8, 4) is 0 Å². The Balaban J connectivity index is 2.30. The second-order valence-electron chi connectivity index (χ2n) is 5.89. The van der Waals surface area contributed by atoms with Crippen LogP contribution in [0.15, 0.2) is 17.2 Å². The summed E-state index contributed by atoms with van der Waals surface area (Å²) in [6.07, 6.45) is 2.48. The van der Waals surface area contributed by atoms with Gasteiger partial charge in [0.15, 0.2) is 0 Å². The minimum Gasteiger partial charge on any atom is -0.390 e. The minimum atomic E-state index is -3.48. The van der Waals surface area contributed by atoms with E-state index in [-0.39, 0.29) is 17.5 Å². The van der Waals surface area contributed by atoms with Gasteiger partial charge in [0.05, 0.1) is 6.61 Å². The number of likely N-dealkylation sites (N-methyl/N-ethyl adjacent to an activating group) is 1. The predicted molar refractivity (Wildman–Crippen MR) is 81.6 cm³/mol. The monoisotopic (exact) mass is 315 g/mol. The van der Waals surface area contributed by atoms with Gasteiger partial charge >= 0.3 is 0 Å². The molecule has 1 aromatic rings. The first kappa shape index (κ1) is 16.5. The molecule has 1 saturated heterocycles. The number of rotatable bonds is 4.